The summed E-state index contributed by atoms with van der Waals surface area (Å²) < 4.78 is 0. The van der Waals surface area contributed by atoms with Crippen molar-refractivity contribution in [2.45, 2.75) is 6.92 Å². The van der Waals surface area contributed by atoms with Crippen molar-refractivity contribution in [3.05, 3.63) is 46.5 Å². The van der Waals surface area contributed by atoms with Crippen LogP contribution in [-0.4, -0.2) is 18.5 Å². The molecule has 0 bridgehead atoms. The van der Waals surface area contributed by atoms with Gasteiger partial charge in [0.25, 0.3) is 5.69 Å². The minimum atomic E-state index is -0.371. The Morgan fingerprint density at radius 2 is 2.13 bits per heavy atom. The molecule has 4 nitrogen and oxygen atoms in total. The van der Waals surface area contributed by atoms with Gasteiger partial charge in [-0.3, -0.25) is 10.1 Å². The number of anilines is 1. The predicted octanol–water partition coefficient (Wildman–Crippen LogP) is 2.61. The maximum absolute atomic E-state index is 10.8. The van der Waals surface area contributed by atoms with Crippen LogP contribution in [0.1, 0.15) is 6.92 Å². The Hall–Kier alpha value is -1.84. The van der Waals surface area contributed by atoms with Crippen molar-refractivity contribution >= 4 is 11.4 Å². The lowest BCUT2D eigenvalue weighted by Crippen LogP contribution is -2.19. The first-order chi connectivity index (χ1) is 7.02. The van der Waals surface area contributed by atoms with Gasteiger partial charge >= 0.3 is 0 Å². The SMILES string of the molecule is C=C(C)CN(C)c1ccccc1[N+](=O)[O-]. The van der Waals surface area contributed by atoms with Crippen molar-refractivity contribution in [2.75, 3.05) is 18.5 Å². The number of hydrogen-bond donors (Lipinski definition) is 0. The van der Waals surface area contributed by atoms with Crippen molar-refractivity contribution in [1.29, 1.82) is 0 Å². The van der Waals surface area contributed by atoms with Gasteiger partial charge in [-0.15, -0.1) is 0 Å². The third kappa shape index (κ3) is 2.80. The summed E-state index contributed by atoms with van der Waals surface area (Å²) in [6.07, 6.45) is 0. The van der Waals surface area contributed by atoms with E-state index < -0.39 is 0 Å². The number of nitrogens with zero attached hydrogens (tertiary/aromatic N) is 2. The van der Waals surface area contributed by atoms with Gasteiger partial charge in [0.1, 0.15) is 5.69 Å². The van der Waals surface area contributed by atoms with Gasteiger partial charge < -0.3 is 4.90 Å². The molecular weight excluding hydrogens is 192 g/mol. The van der Waals surface area contributed by atoms with Crippen LogP contribution < -0.4 is 4.90 Å². The van der Waals surface area contributed by atoms with Crippen LogP contribution in [0.25, 0.3) is 0 Å². The van der Waals surface area contributed by atoms with Gasteiger partial charge in [0, 0.05) is 19.7 Å². The number of hydrogen-bond acceptors (Lipinski definition) is 3. The molecule has 0 aliphatic carbocycles. The molecule has 0 aliphatic heterocycles. The molecule has 0 spiro atoms. The molecule has 1 rings (SSSR count). The molecule has 80 valence electrons. The zero-order valence-corrected chi connectivity index (χ0v) is 8.93. The second-order valence-electron chi connectivity index (χ2n) is 3.56. The monoisotopic (exact) mass is 206 g/mol. The van der Waals surface area contributed by atoms with Crippen LogP contribution in [0.15, 0.2) is 36.4 Å². The van der Waals surface area contributed by atoms with E-state index in [1.807, 2.05) is 18.9 Å². The van der Waals surface area contributed by atoms with Crippen molar-refractivity contribution in [1.82, 2.24) is 0 Å². The maximum atomic E-state index is 10.8. The molecule has 15 heavy (non-hydrogen) atoms. The highest BCUT2D eigenvalue weighted by Crippen LogP contribution is 2.26. The summed E-state index contributed by atoms with van der Waals surface area (Å²) in [6, 6.07) is 6.69. The van der Waals surface area contributed by atoms with E-state index in [0.717, 1.165) is 5.57 Å². The van der Waals surface area contributed by atoms with Crippen LogP contribution in [0.2, 0.25) is 0 Å². The fraction of sp³-hybridized carbons (Fsp3) is 0.273. The summed E-state index contributed by atoms with van der Waals surface area (Å²) in [7, 11) is 1.82. The molecule has 0 saturated carbocycles. The van der Waals surface area contributed by atoms with Gasteiger partial charge in [0.05, 0.1) is 4.92 Å². The van der Waals surface area contributed by atoms with Crippen molar-refractivity contribution in [2.24, 2.45) is 0 Å². The third-order valence-electron chi connectivity index (χ3n) is 2.00. The van der Waals surface area contributed by atoms with Gasteiger partial charge in [-0.1, -0.05) is 24.3 Å². The lowest BCUT2D eigenvalue weighted by molar-refractivity contribution is -0.384. The summed E-state index contributed by atoms with van der Waals surface area (Å²) in [5.41, 5.74) is 1.71. The van der Waals surface area contributed by atoms with Gasteiger partial charge in [-0.05, 0) is 13.0 Å². The topological polar surface area (TPSA) is 46.4 Å². The average molecular weight is 206 g/mol. The zero-order chi connectivity index (χ0) is 11.4. The second-order valence-corrected chi connectivity index (χ2v) is 3.56. The fourth-order valence-electron chi connectivity index (χ4n) is 1.43. The molecule has 0 fully saturated rings. The standard InChI is InChI=1S/C11H14N2O2/c1-9(2)8-12(3)10-6-4-5-7-11(10)13(14)15/h4-7H,1,8H2,2-3H3. The minimum absolute atomic E-state index is 0.126. The van der Waals surface area contributed by atoms with E-state index >= 15 is 0 Å². The molecule has 1 aromatic rings. The van der Waals surface area contributed by atoms with Crippen molar-refractivity contribution in [3.63, 3.8) is 0 Å². The number of nitro groups is 1. The second kappa shape index (κ2) is 4.59. The summed E-state index contributed by atoms with van der Waals surface area (Å²) in [5.74, 6) is 0. The van der Waals surface area contributed by atoms with Crippen molar-refractivity contribution in [3.8, 4) is 0 Å². The highest BCUT2D eigenvalue weighted by molar-refractivity contribution is 5.63. The number of likely N-dealkylation sites (N-methyl/N-ethyl adjacent to an activating group) is 1. The third-order valence-corrected chi connectivity index (χ3v) is 2.00. The van der Waals surface area contributed by atoms with Gasteiger partial charge in [-0.25, -0.2) is 0 Å². The van der Waals surface area contributed by atoms with Gasteiger partial charge in [-0.2, -0.15) is 0 Å². The Kier molecular flexibility index (Phi) is 3.44. The molecule has 0 aliphatic rings. The smallest absolute Gasteiger partial charge is 0.292 e. The van der Waals surface area contributed by atoms with E-state index in [1.54, 1.807) is 18.2 Å². The van der Waals surface area contributed by atoms with E-state index in [2.05, 4.69) is 6.58 Å². The maximum Gasteiger partial charge on any atom is 0.292 e. The molecule has 0 amide bonds. The first-order valence-electron chi connectivity index (χ1n) is 4.61. The van der Waals surface area contributed by atoms with Gasteiger partial charge in [0.15, 0.2) is 0 Å². The number of rotatable bonds is 4. The first kappa shape index (κ1) is 11.2. The molecule has 0 heterocycles. The van der Waals surface area contributed by atoms with Crippen LogP contribution >= 0.6 is 0 Å². The van der Waals surface area contributed by atoms with E-state index in [-0.39, 0.29) is 10.6 Å². The first-order valence-corrected chi connectivity index (χ1v) is 4.61. The highest BCUT2D eigenvalue weighted by Gasteiger charge is 2.15. The predicted molar refractivity (Wildman–Crippen MR) is 61.2 cm³/mol. The normalized spacial score (nSPS) is 9.73. The van der Waals surface area contributed by atoms with Crippen LogP contribution in [0, 0.1) is 10.1 Å². The molecule has 0 saturated heterocycles. The summed E-state index contributed by atoms with van der Waals surface area (Å²) >= 11 is 0. The molecule has 1 aromatic carbocycles. The molecule has 0 radical (unpaired) electrons. The molecule has 0 aromatic heterocycles. The number of benzene rings is 1. The number of nitro benzene ring substituents is 1. The molecular formula is C11H14N2O2. The molecule has 0 atom stereocenters. The van der Waals surface area contributed by atoms with Crippen LogP contribution in [0.5, 0.6) is 0 Å². The Balaban J connectivity index is 3.02. The molecule has 4 heteroatoms. The summed E-state index contributed by atoms with van der Waals surface area (Å²) in [6.45, 7) is 6.29. The largest absolute Gasteiger partial charge is 0.365 e. The van der Waals surface area contributed by atoms with E-state index in [9.17, 15) is 10.1 Å². The fourth-order valence-corrected chi connectivity index (χ4v) is 1.43. The Labute approximate surface area is 89.0 Å². The number of para-hydroxylation sites is 2. The van der Waals surface area contributed by atoms with E-state index in [0.29, 0.717) is 12.2 Å². The van der Waals surface area contributed by atoms with E-state index in [4.69, 9.17) is 0 Å². The van der Waals surface area contributed by atoms with Crippen LogP contribution in [-0.2, 0) is 0 Å². The lowest BCUT2D eigenvalue weighted by atomic mass is 10.2. The zero-order valence-electron chi connectivity index (χ0n) is 8.93. The van der Waals surface area contributed by atoms with E-state index in [1.165, 1.54) is 6.07 Å². The molecule has 0 unspecified atom stereocenters. The average Bonchev–Trinajstić information content (AvgIpc) is 2.16. The van der Waals surface area contributed by atoms with Crippen LogP contribution in [0.4, 0.5) is 11.4 Å². The Morgan fingerprint density at radius 3 is 2.67 bits per heavy atom. The summed E-state index contributed by atoms with van der Waals surface area (Å²) in [5, 5.41) is 10.8. The minimum Gasteiger partial charge on any atom is -0.365 e. The molecule has 0 N–H and O–H groups in total. The highest BCUT2D eigenvalue weighted by atomic mass is 16.6. The van der Waals surface area contributed by atoms with Crippen molar-refractivity contribution < 1.29 is 4.92 Å². The Morgan fingerprint density at radius 1 is 1.53 bits per heavy atom. The lowest BCUT2D eigenvalue weighted by Gasteiger charge is -2.18. The quantitative estimate of drug-likeness (QED) is 0.432. The van der Waals surface area contributed by atoms with Crippen LogP contribution in [0.3, 0.4) is 0 Å². The summed E-state index contributed by atoms with van der Waals surface area (Å²) in [4.78, 5) is 12.2. The van der Waals surface area contributed by atoms with Gasteiger partial charge in [0.2, 0.25) is 0 Å². The Bertz CT molecular complexity index is 388.